The Kier molecular flexibility index (Phi) is 8.48. The number of rotatable bonds is 9. The predicted octanol–water partition coefficient (Wildman–Crippen LogP) is 6.29. The van der Waals surface area contributed by atoms with Crippen molar-refractivity contribution in [2.75, 3.05) is 17.3 Å². The van der Waals surface area contributed by atoms with E-state index < -0.39 is 0 Å². The van der Waals surface area contributed by atoms with Crippen LogP contribution in [-0.2, 0) is 19.3 Å². The first kappa shape index (κ1) is 23.9. The molecule has 0 aliphatic heterocycles. The summed E-state index contributed by atoms with van der Waals surface area (Å²) >= 11 is 13.0. The predicted molar refractivity (Wildman–Crippen MR) is 149 cm³/mol. The Labute approximate surface area is 212 Å². The maximum atomic E-state index is 4.84. The zero-order valence-corrected chi connectivity index (χ0v) is 21.0. The Morgan fingerprint density at radius 1 is 0.394 bits per heavy atom. The average molecular weight is 490 g/mol. The fourth-order valence-electron chi connectivity index (χ4n) is 3.61. The zero-order valence-electron chi connectivity index (χ0n) is 18.4. The molecule has 0 saturated heterocycles. The van der Waals surface area contributed by atoms with Gasteiger partial charge >= 0.3 is 0 Å². The molecule has 0 N–H and O–H groups in total. The molecule has 3 aromatic carbocycles. The van der Waals surface area contributed by atoms with Crippen LogP contribution in [0.4, 0.5) is 0 Å². The molecule has 6 heteroatoms. The molecule has 0 radical (unpaired) electrons. The summed E-state index contributed by atoms with van der Waals surface area (Å²) in [5.41, 5.74) is 6.68. The van der Waals surface area contributed by atoms with Crippen LogP contribution in [0.3, 0.4) is 0 Å². The molecule has 0 fully saturated rings. The third kappa shape index (κ3) is 6.19. The van der Waals surface area contributed by atoms with Crippen molar-refractivity contribution in [3.05, 3.63) is 89.5 Å². The minimum atomic E-state index is 0.672. The topological polar surface area (TPSA) is 38.7 Å². The highest BCUT2D eigenvalue weighted by Crippen LogP contribution is 2.25. The van der Waals surface area contributed by atoms with E-state index in [2.05, 4.69) is 111 Å². The van der Waals surface area contributed by atoms with Crippen LogP contribution in [0.15, 0.2) is 72.8 Å². The van der Waals surface area contributed by atoms with Crippen molar-refractivity contribution in [1.29, 1.82) is 0 Å². The number of hydrogen-bond donors (Lipinski definition) is 3. The summed E-state index contributed by atoms with van der Waals surface area (Å²) in [4.78, 5) is 14.5. The lowest BCUT2D eigenvalue weighted by Gasteiger charge is -2.10. The molecule has 0 aliphatic carbocycles. The second-order valence-electron chi connectivity index (χ2n) is 7.82. The van der Waals surface area contributed by atoms with Gasteiger partial charge in [-0.05, 0) is 53.2 Å². The van der Waals surface area contributed by atoms with Gasteiger partial charge in [-0.3, -0.25) is 0 Å². The van der Waals surface area contributed by atoms with Crippen molar-refractivity contribution in [3.63, 3.8) is 0 Å². The highest BCUT2D eigenvalue weighted by molar-refractivity contribution is 7.80. The van der Waals surface area contributed by atoms with Crippen LogP contribution in [0, 0.1) is 0 Å². The van der Waals surface area contributed by atoms with E-state index in [1.54, 1.807) is 0 Å². The molecule has 1 aromatic heterocycles. The summed E-state index contributed by atoms with van der Waals surface area (Å²) < 4.78 is 0. The molecule has 4 aromatic rings. The molecular formula is C27H27N3S3. The molecule has 0 bridgehead atoms. The third-order valence-corrected chi connectivity index (χ3v) is 6.14. The van der Waals surface area contributed by atoms with E-state index in [0.717, 1.165) is 53.2 Å². The summed E-state index contributed by atoms with van der Waals surface area (Å²) in [6.07, 6.45) is 2.82. The Bertz CT molecular complexity index is 1010. The van der Waals surface area contributed by atoms with Gasteiger partial charge in [0.2, 0.25) is 0 Å². The van der Waals surface area contributed by atoms with E-state index in [9.17, 15) is 0 Å². The summed E-state index contributed by atoms with van der Waals surface area (Å²) in [6, 6.07) is 25.2. The van der Waals surface area contributed by atoms with Crippen molar-refractivity contribution in [1.82, 2.24) is 15.0 Å². The molecule has 0 atom stereocenters. The Balaban J connectivity index is 1.76. The van der Waals surface area contributed by atoms with E-state index in [1.807, 2.05) is 0 Å². The van der Waals surface area contributed by atoms with Crippen molar-refractivity contribution in [2.45, 2.75) is 19.3 Å². The van der Waals surface area contributed by atoms with E-state index in [-0.39, 0.29) is 0 Å². The first-order valence-corrected chi connectivity index (χ1v) is 13.0. The maximum absolute atomic E-state index is 4.84. The van der Waals surface area contributed by atoms with E-state index in [0.29, 0.717) is 17.5 Å². The lowest BCUT2D eigenvalue weighted by Crippen LogP contribution is -2.01. The third-order valence-electron chi connectivity index (χ3n) is 5.47. The quantitative estimate of drug-likeness (QED) is 0.242. The van der Waals surface area contributed by atoms with Gasteiger partial charge in [-0.1, -0.05) is 72.8 Å². The molecule has 33 heavy (non-hydrogen) atoms. The molecule has 3 nitrogen and oxygen atoms in total. The van der Waals surface area contributed by atoms with Crippen molar-refractivity contribution in [2.24, 2.45) is 0 Å². The SMILES string of the molecule is SCCc1ccc(-c2nc(-c3ccc(CCS)cc3)nc(-c3ccc(CCS)cc3)n2)cc1. The van der Waals surface area contributed by atoms with Crippen LogP contribution in [0.5, 0.6) is 0 Å². The minimum Gasteiger partial charge on any atom is -0.208 e. The van der Waals surface area contributed by atoms with Gasteiger partial charge in [0.1, 0.15) is 0 Å². The van der Waals surface area contributed by atoms with Gasteiger partial charge in [0.15, 0.2) is 17.5 Å². The highest BCUT2D eigenvalue weighted by Gasteiger charge is 2.12. The second-order valence-corrected chi connectivity index (χ2v) is 9.16. The minimum absolute atomic E-state index is 0.672. The van der Waals surface area contributed by atoms with Crippen LogP contribution < -0.4 is 0 Å². The maximum Gasteiger partial charge on any atom is 0.164 e. The van der Waals surface area contributed by atoms with Gasteiger partial charge in [-0.15, -0.1) is 0 Å². The fourth-order valence-corrected chi connectivity index (χ4v) is 4.39. The van der Waals surface area contributed by atoms with Gasteiger partial charge in [0.25, 0.3) is 0 Å². The van der Waals surface area contributed by atoms with Gasteiger partial charge in [0.05, 0.1) is 0 Å². The summed E-state index contributed by atoms with van der Waals surface area (Å²) in [5, 5.41) is 0. The Morgan fingerprint density at radius 2 is 0.636 bits per heavy atom. The normalized spacial score (nSPS) is 11.0. The lowest BCUT2D eigenvalue weighted by atomic mass is 10.1. The van der Waals surface area contributed by atoms with Crippen molar-refractivity contribution < 1.29 is 0 Å². The standard InChI is InChI=1S/C27H27N3S3/c31-16-13-19-1-7-22(8-2-19)25-28-26(23-9-3-20(4-10-23)14-17-32)30-27(29-25)24-11-5-21(6-12-24)15-18-33/h1-12,31-33H,13-18H2. The second kappa shape index (κ2) is 11.7. The lowest BCUT2D eigenvalue weighted by molar-refractivity contribution is 1.07. The zero-order chi connectivity index (χ0) is 23.0. The number of benzene rings is 3. The van der Waals surface area contributed by atoms with Gasteiger partial charge in [-0.25, -0.2) is 15.0 Å². The highest BCUT2D eigenvalue weighted by atomic mass is 32.1. The first-order chi connectivity index (χ1) is 16.2. The molecule has 4 rings (SSSR count). The van der Waals surface area contributed by atoms with Gasteiger partial charge < -0.3 is 0 Å². The van der Waals surface area contributed by atoms with Gasteiger partial charge in [-0.2, -0.15) is 37.9 Å². The summed E-state index contributed by atoms with van der Waals surface area (Å²) in [5.74, 6) is 4.49. The molecule has 0 saturated carbocycles. The number of thiol groups is 3. The number of aromatic nitrogens is 3. The van der Waals surface area contributed by atoms with Crippen LogP contribution in [-0.4, -0.2) is 32.2 Å². The van der Waals surface area contributed by atoms with Crippen LogP contribution in [0.1, 0.15) is 16.7 Å². The van der Waals surface area contributed by atoms with Crippen molar-refractivity contribution in [3.8, 4) is 34.2 Å². The van der Waals surface area contributed by atoms with E-state index in [1.165, 1.54) is 16.7 Å². The summed E-state index contributed by atoms with van der Waals surface area (Å²) in [6.45, 7) is 0. The monoisotopic (exact) mass is 489 g/mol. The van der Waals surface area contributed by atoms with Crippen LogP contribution >= 0.6 is 37.9 Å². The number of nitrogens with zero attached hydrogens (tertiary/aromatic N) is 3. The van der Waals surface area contributed by atoms with Crippen LogP contribution in [0.25, 0.3) is 34.2 Å². The number of hydrogen-bond acceptors (Lipinski definition) is 6. The van der Waals surface area contributed by atoms with Crippen LogP contribution in [0.2, 0.25) is 0 Å². The van der Waals surface area contributed by atoms with Gasteiger partial charge in [0, 0.05) is 16.7 Å². The molecular weight excluding hydrogens is 463 g/mol. The Morgan fingerprint density at radius 3 is 0.848 bits per heavy atom. The molecule has 1 heterocycles. The Hall–Kier alpha value is -2.28. The number of aryl methyl sites for hydroxylation is 3. The first-order valence-electron chi connectivity index (χ1n) is 11.1. The van der Waals surface area contributed by atoms with E-state index in [4.69, 9.17) is 15.0 Å². The largest absolute Gasteiger partial charge is 0.208 e. The molecule has 0 aliphatic rings. The fraction of sp³-hybridized carbons (Fsp3) is 0.222. The molecule has 0 spiro atoms. The van der Waals surface area contributed by atoms with E-state index >= 15 is 0 Å². The summed E-state index contributed by atoms with van der Waals surface area (Å²) in [7, 11) is 0. The van der Waals surface area contributed by atoms with Crippen molar-refractivity contribution >= 4 is 37.9 Å². The molecule has 168 valence electrons. The molecule has 0 amide bonds. The smallest absolute Gasteiger partial charge is 0.164 e. The molecule has 0 unspecified atom stereocenters. The average Bonchev–Trinajstić information content (AvgIpc) is 2.86.